The smallest absolute Gasteiger partial charge is 0.322 e. The third-order valence-corrected chi connectivity index (χ3v) is 6.60. The summed E-state index contributed by atoms with van der Waals surface area (Å²) in [7, 11) is 0. The van der Waals surface area contributed by atoms with Crippen molar-refractivity contribution in [3.63, 3.8) is 0 Å². The van der Waals surface area contributed by atoms with Gasteiger partial charge >= 0.3 is 6.03 Å². The average Bonchev–Trinajstić information content (AvgIpc) is 3.48. The van der Waals surface area contributed by atoms with E-state index in [1.807, 2.05) is 66.7 Å². The van der Waals surface area contributed by atoms with Crippen LogP contribution in [-0.2, 0) is 17.8 Å². The standard InChI is InChI=1S/C32H35N3O3/c1-2-25-15-17-28(18-16-25)34-32(37)35(24-29-14-9-23-38-29)22-20-31(36)33-21-19-30(26-10-5-3-6-11-26)27-12-7-4-8-13-27/h3-18,23,30H,2,19-22,24H2,1H3,(H,33,36)(H,34,37). The fraction of sp³-hybridized carbons (Fsp3) is 0.250. The van der Waals surface area contributed by atoms with Gasteiger partial charge in [-0.1, -0.05) is 79.7 Å². The van der Waals surface area contributed by atoms with E-state index in [9.17, 15) is 9.59 Å². The van der Waals surface area contributed by atoms with Crippen molar-refractivity contribution in [1.82, 2.24) is 10.2 Å². The SMILES string of the molecule is CCc1ccc(NC(=O)N(CCC(=O)NCCC(c2ccccc2)c2ccccc2)Cc2ccco2)cc1. The fourth-order valence-corrected chi connectivity index (χ4v) is 4.45. The second-order valence-corrected chi connectivity index (χ2v) is 9.24. The molecular weight excluding hydrogens is 474 g/mol. The van der Waals surface area contributed by atoms with Gasteiger partial charge in [-0.3, -0.25) is 4.79 Å². The van der Waals surface area contributed by atoms with Crippen LogP contribution in [0.3, 0.4) is 0 Å². The van der Waals surface area contributed by atoms with Crippen molar-refractivity contribution in [1.29, 1.82) is 0 Å². The van der Waals surface area contributed by atoms with Crippen LogP contribution in [0.15, 0.2) is 108 Å². The highest BCUT2D eigenvalue weighted by Crippen LogP contribution is 2.27. The molecule has 0 bridgehead atoms. The molecule has 6 heteroatoms. The third-order valence-electron chi connectivity index (χ3n) is 6.60. The van der Waals surface area contributed by atoms with E-state index in [-0.39, 0.29) is 37.4 Å². The Morgan fingerprint density at radius 1 is 0.842 bits per heavy atom. The second-order valence-electron chi connectivity index (χ2n) is 9.24. The molecule has 0 saturated carbocycles. The summed E-state index contributed by atoms with van der Waals surface area (Å²) in [6.45, 7) is 3.18. The molecule has 0 atom stereocenters. The molecule has 0 aliphatic rings. The van der Waals surface area contributed by atoms with Crippen molar-refractivity contribution >= 4 is 17.6 Å². The molecule has 0 unspecified atom stereocenters. The number of aryl methyl sites for hydroxylation is 1. The maximum Gasteiger partial charge on any atom is 0.322 e. The van der Waals surface area contributed by atoms with E-state index in [0.29, 0.717) is 18.0 Å². The van der Waals surface area contributed by atoms with Gasteiger partial charge < -0.3 is 20.0 Å². The van der Waals surface area contributed by atoms with Crippen LogP contribution >= 0.6 is 0 Å². The molecule has 4 rings (SSSR count). The Kier molecular flexibility index (Phi) is 9.74. The van der Waals surface area contributed by atoms with E-state index in [2.05, 4.69) is 41.8 Å². The van der Waals surface area contributed by atoms with Crippen LogP contribution in [0.1, 0.15) is 48.1 Å². The summed E-state index contributed by atoms with van der Waals surface area (Å²) in [4.78, 5) is 27.4. The monoisotopic (exact) mass is 509 g/mol. The highest BCUT2D eigenvalue weighted by atomic mass is 16.3. The zero-order chi connectivity index (χ0) is 26.6. The molecule has 0 saturated heterocycles. The van der Waals surface area contributed by atoms with Gasteiger partial charge in [0, 0.05) is 31.1 Å². The molecule has 0 spiro atoms. The first kappa shape index (κ1) is 26.7. The summed E-state index contributed by atoms with van der Waals surface area (Å²) in [6.07, 6.45) is 3.50. The number of furan rings is 1. The molecule has 0 fully saturated rings. The molecule has 196 valence electrons. The van der Waals surface area contributed by atoms with Crippen LogP contribution < -0.4 is 10.6 Å². The normalized spacial score (nSPS) is 10.8. The Morgan fingerprint density at radius 3 is 2.08 bits per heavy atom. The van der Waals surface area contributed by atoms with Crippen molar-refractivity contribution in [2.24, 2.45) is 0 Å². The fourth-order valence-electron chi connectivity index (χ4n) is 4.45. The Labute approximate surface area is 224 Å². The second kappa shape index (κ2) is 13.8. The summed E-state index contributed by atoms with van der Waals surface area (Å²) in [5.41, 5.74) is 4.37. The third kappa shape index (κ3) is 7.84. The summed E-state index contributed by atoms with van der Waals surface area (Å²) >= 11 is 0. The minimum atomic E-state index is -0.272. The van der Waals surface area contributed by atoms with Gasteiger partial charge in [-0.25, -0.2) is 4.79 Å². The van der Waals surface area contributed by atoms with Gasteiger partial charge in [0.25, 0.3) is 0 Å². The van der Waals surface area contributed by atoms with Gasteiger partial charge in [-0.2, -0.15) is 0 Å². The van der Waals surface area contributed by atoms with E-state index in [4.69, 9.17) is 4.42 Å². The summed E-state index contributed by atoms with van der Waals surface area (Å²) < 4.78 is 5.45. The zero-order valence-electron chi connectivity index (χ0n) is 21.8. The Hall–Kier alpha value is -4.32. The first-order valence-electron chi connectivity index (χ1n) is 13.2. The number of carbonyl (C=O) groups is 2. The maximum atomic E-state index is 13.1. The van der Waals surface area contributed by atoms with E-state index in [0.717, 1.165) is 12.8 Å². The lowest BCUT2D eigenvalue weighted by molar-refractivity contribution is -0.121. The number of amides is 3. The zero-order valence-corrected chi connectivity index (χ0v) is 21.8. The molecule has 4 aromatic rings. The lowest BCUT2D eigenvalue weighted by atomic mass is 9.88. The number of benzene rings is 3. The highest BCUT2D eigenvalue weighted by molar-refractivity contribution is 5.89. The average molecular weight is 510 g/mol. The molecule has 6 nitrogen and oxygen atoms in total. The van der Waals surface area contributed by atoms with Gasteiger partial charge in [0.2, 0.25) is 5.91 Å². The van der Waals surface area contributed by atoms with Crippen LogP contribution in [0, 0.1) is 0 Å². The number of anilines is 1. The quantitative estimate of drug-likeness (QED) is 0.226. The largest absolute Gasteiger partial charge is 0.467 e. The van der Waals surface area contributed by atoms with E-state index in [1.165, 1.54) is 16.7 Å². The van der Waals surface area contributed by atoms with E-state index in [1.54, 1.807) is 17.2 Å². The first-order valence-corrected chi connectivity index (χ1v) is 13.2. The molecule has 0 aliphatic carbocycles. The Balaban J connectivity index is 1.32. The number of urea groups is 1. The molecule has 1 aromatic heterocycles. The van der Waals surface area contributed by atoms with Gasteiger partial charge in [0.15, 0.2) is 0 Å². The summed E-state index contributed by atoms with van der Waals surface area (Å²) in [5.74, 6) is 0.767. The minimum absolute atomic E-state index is 0.0885. The molecule has 3 aromatic carbocycles. The minimum Gasteiger partial charge on any atom is -0.467 e. The number of hydrogen-bond donors (Lipinski definition) is 2. The van der Waals surface area contributed by atoms with Crippen LogP contribution in [0.25, 0.3) is 0 Å². The van der Waals surface area contributed by atoms with E-state index >= 15 is 0 Å². The van der Waals surface area contributed by atoms with Crippen molar-refractivity contribution in [2.75, 3.05) is 18.4 Å². The van der Waals surface area contributed by atoms with Crippen molar-refractivity contribution in [3.05, 3.63) is 126 Å². The number of carbonyl (C=O) groups excluding carboxylic acids is 2. The molecule has 38 heavy (non-hydrogen) atoms. The van der Waals surface area contributed by atoms with Crippen molar-refractivity contribution < 1.29 is 14.0 Å². The lowest BCUT2D eigenvalue weighted by Gasteiger charge is -2.22. The molecule has 0 radical (unpaired) electrons. The predicted octanol–water partition coefficient (Wildman–Crippen LogP) is 6.60. The molecule has 0 aliphatic heterocycles. The van der Waals surface area contributed by atoms with Gasteiger partial charge in [-0.05, 0) is 53.8 Å². The van der Waals surface area contributed by atoms with Gasteiger partial charge in [-0.15, -0.1) is 0 Å². The maximum absolute atomic E-state index is 13.1. The summed E-state index contributed by atoms with van der Waals surface area (Å²) in [6, 6.07) is 31.8. The molecule has 2 N–H and O–H groups in total. The van der Waals surface area contributed by atoms with Crippen molar-refractivity contribution in [2.45, 2.75) is 38.6 Å². The predicted molar refractivity (Wildman–Crippen MR) is 151 cm³/mol. The lowest BCUT2D eigenvalue weighted by Crippen LogP contribution is -2.37. The van der Waals surface area contributed by atoms with Crippen LogP contribution in [-0.4, -0.2) is 29.9 Å². The van der Waals surface area contributed by atoms with Crippen molar-refractivity contribution in [3.8, 4) is 0 Å². The first-order chi connectivity index (χ1) is 18.6. The Bertz CT molecular complexity index is 1220. The van der Waals surface area contributed by atoms with Crippen LogP contribution in [0.2, 0.25) is 0 Å². The topological polar surface area (TPSA) is 74.6 Å². The number of nitrogens with zero attached hydrogens (tertiary/aromatic N) is 1. The number of nitrogens with one attached hydrogen (secondary N) is 2. The highest BCUT2D eigenvalue weighted by Gasteiger charge is 2.18. The molecular formula is C32H35N3O3. The van der Waals surface area contributed by atoms with Crippen LogP contribution in [0.5, 0.6) is 0 Å². The molecule has 1 heterocycles. The van der Waals surface area contributed by atoms with Gasteiger partial charge in [0.05, 0.1) is 12.8 Å². The van der Waals surface area contributed by atoms with E-state index < -0.39 is 0 Å². The summed E-state index contributed by atoms with van der Waals surface area (Å²) in [5, 5.41) is 5.98. The van der Waals surface area contributed by atoms with Gasteiger partial charge in [0.1, 0.15) is 5.76 Å². The van der Waals surface area contributed by atoms with Crippen LogP contribution in [0.4, 0.5) is 10.5 Å². The Morgan fingerprint density at radius 2 is 1.50 bits per heavy atom. The molecule has 3 amide bonds. The number of rotatable bonds is 12. The number of hydrogen-bond acceptors (Lipinski definition) is 3.